The molecular weight excluding hydrogens is 577 g/mol. The van der Waals surface area contributed by atoms with Crippen LogP contribution in [0.1, 0.15) is 98.1 Å². The summed E-state index contributed by atoms with van der Waals surface area (Å²) in [6, 6.07) is 25.2. The zero-order chi connectivity index (χ0) is 30.3. The van der Waals surface area contributed by atoms with Crippen molar-refractivity contribution in [1.29, 1.82) is 5.26 Å². The minimum absolute atomic E-state index is 0. The van der Waals surface area contributed by atoms with E-state index < -0.39 is 17.2 Å². The summed E-state index contributed by atoms with van der Waals surface area (Å²) in [5, 5.41) is 10.4. The molecule has 44 heavy (non-hydrogen) atoms. The van der Waals surface area contributed by atoms with E-state index in [1.54, 1.807) is 6.07 Å². The second kappa shape index (κ2) is 15.1. The maximum atomic E-state index is 13.6. The van der Waals surface area contributed by atoms with Crippen LogP contribution in [0.4, 0.5) is 13.2 Å². The number of hydrogen-bond acceptors (Lipinski definition) is 2. The SMILES string of the molecule is CCCCCCC(C#N)(CCCN1CCC(=C2c3ccccc3C=Cc3ccccc32)CC1)c1cccc(C(F)(F)F)c1.Cl. The van der Waals surface area contributed by atoms with Gasteiger partial charge in [-0.15, -0.1) is 12.4 Å². The molecule has 1 saturated heterocycles. The van der Waals surface area contributed by atoms with Gasteiger partial charge in [0, 0.05) is 13.1 Å². The zero-order valence-electron chi connectivity index (χ0n) is 25.5. The zero-order valence-corrected chi connectivity index (χ0v) is 26.3. The summed E-state index contributed by atoms with van der Waals surface area (Å²) in [7, 11) is 0. The van der Waals surface area contributed by atoms with Crippen molar-refractivity contribution in [2.45, 2.75) is 76.3 Å². The average Bonchev–Trinajstić information content (AvgIpc) is 3.19. The molecule has 0 bridgehead atoms. The second-order valence-corrected chi connectivity index (χ2v) is 12.0. The maximum Gasteiger partial charge on any atom is 0.416 e. The largest absolute Gasteiger partial charge is 0.416 e. The van der Waals surface area contributed by atoms with E-state index in [0.29, 0.717) is 18.4 Å². The summed E-state index contributed by atoms with van der Waals surface area (Å²) in [4.78, 5) is 2.46. The van der Waals surface area contributed by atoms with Crippen LogP contribution in [0.15, 0.2) is 78.4 Å². The summed E-state index contributed by atoms with van der Waals surface area (Å²) < 4.78 is 40.7. The number of unbranched alkanes of at least 4 members (excludes halogenated alkanes) is 3. The highest BCUT2D eigenvalue weighted by molar-refractivity contribution is 5.94. The molecule has 0 N–H and O–H groups in total. The number of likely N-dealkylation sites (tertiary alicyclic amines) is 1. The van der Waals surface area contributed by atoms with Crippen LogP contribution in [0, 0.1) is 11.3 Å². The van der Waals surface area contributed by atoms with Crippen molar-refractivity contribution in [3.8, 4) is 6.07 Å². The number of rotatable bonds is 10. The van der Waals surface area contributed by atoms with Gasteiger partial charge in [-0.1, -0.05) is 117 Å². The Morgan fingerprint density at radius 3 is 1.93 bits per heavy atom. The minimum atomic E-state index is -4.42. The smallest absolute Gasteiger partial charge is 0.303 e. The fourth-order valence-electron chi connectivity index (χ4n) is 6.78. The van der Waals surface area contributed by atoms with Crippen LogP contribution in [-0.4, -0.2) is 24.5 Å². The second-order valence-electron chi connectivity index (χ2n) is 12.0. The topological polar surface area (TPSA) is 27.0 Å². The van der Waals surface area contributed by atoms with Crippen LogP contribution >= 0.6 is 12.4 Å². The van der Waals surface area contributed by atoms with Crippen molar-refractivity contribution in [2.75, 3.05) is 19.6 Å². The molecule has 0 radical (unpaired) electrons. The van der Waals surface area contributed by atoms with Gasteiger partial charge in [-0.05, 0) is 78.1 Å². The summed E-state index contributed by atoms with van der Waals surface area (Å²) in [5.74, 6) is 0. The number of halogens is 4. The Morgan fingerprint density at radius 2 is 1.34 bits per heavy atom. The quantitative estimate of drug-likeness (QED) is 0.165. The number of benzene rings is 3. The van der Waals surface area contributed by atoms with Gasteiger partial charge in [-0.2, -0.15) is 18.4 Å². The summed E-state index contributed by atoms with van der Waals surface area (Å²) in [6.45, 7) is 4.86. The molecule has 1 unspecified atom stereocenters. The summed E-state index contributed by atoms with van der Waals surface area (Å²) in [6.07, 6.45) is 7.87. The number of fused-ring (bicyclic) bond motifs is 2. The number of piperidine rings is 1. The highest BCUT2D eigenvalue weighted by Crippen LogP contribution is 2.40. The highest BCUT2D eigenvalue weighted by atomic mass is 35.5. The molecule has 1 aliphatic carbocycles. The van der Waals surface area contributed by atoms with Crippen LogP contribution in [0.2, 0.25) is 0 Å². The van der Waals surface area contributed by atoms with Crippen LogP contribution in [0.5, 0.6) is 0 Å². The molecule has 0 aromatic heterocycles. The molecule has 5 rings (SSSR count). The molecule has 232 valence electrons. The molecule has 1 atom stereocenters. The molecule has 1 heterocycles. The van der Waals surface area contributed by atoms with Crippen molar-refractivity contribution >= 4 is 30.1 Å². The first-order valence-electron chi connectivity index (χ1n) is 15.7. The van der Waals surface area contributed by atoms with E-state index in [9.17, 15) is 18.4 Å². The van der Waals surface area contributed by atoms with Gasteiger partial charge in [0.15, 0.2) is 0 Å². The van der Waals surface area contributed by atoms with Gasteiger partial charge < -0.3 is 4.90 Å². The number of nitrogens with zero attached hydrogens (tertiary/aromatic N) is 2. The minimum Gasteiger partial charge on any atom is -0.303 e. The standard InChI is InChI=1S/C38H41F3N2.ClH/c1-2-3-4-9-22-37(28-42,32-14-10-15-33(27-32)38(39,40)41)23-11-24-43-25-20-31(21-26-43)36-34-16-7-5-12-29(34)18-19-30-13-6-8-17-35(30)36;/h5-8,10,12-19,27H,2-4,9,11,20-26H2,1H3;1H. The fourth-order valence-corrected chi connectivity index (χ4v) is 6.78. The number of hydrogen-bond donors (Lipinski definition) is 0. The predicted octanol–water partition coefficient (Wildman–Crippen LogP) is 10.7. The molecule has 0 amide bonds. The van der Waals surface area contributed by atoms with Crippen LogP contribution in [0.25, 0.3) is 17.7 Å². The third-order valence-electron chi connectivity index (χ3n) is 9.21. The Morgan fingerprint density at radius 1 is 0.750 bits per heavy atom. The summed E-state index contributed by atoms with van der Waals surface area (Å²) in [5.41, 5.74) is 6.82. The van der Waals surface area contributed by atoms with E-state index >= 15 is 0 Å². The van der Waals surface area contributed by atoms with Crippen molar-refractivity contribution < 1.29 is 13.2 Å². The third-order valence-corrected chi connectivity index (χ3v) is 9.21. The average molecular weight is 619 g/mol. The van der Waals surface area contributed by atoms with Gasteiger partial charge in [0.1, 0.15) is 0 Å². The van der Waals surface area contributed by atoms with Crippen LogP contribution in [0.3, 0.4) is 0 Å². The first kappa shape index (κ1) is 33.6. The molecule has 2 aliphatic rings. The molecule has 6 heteroatoms. The van der Waals surface area contributed by atoms with Gasteiger partial charge in [-0.25, -0.2) is 0 Å². The van der Waals surface area contributed by atoms with Crippen molar-refractivity contribution in [3.05, 3.63) is 112 Å². The molecule has 1 fully saturated rings. The molecule has 1 aliphatic heterocycles. The number of alkyl halides is 3. The Kier molecular flexibility index (Phi) is 11.5. The molecule has 2 nitrogen and oxygen atoms in total. The lowest BCUT2D eigenvalue weighted by atomic mass is 9.73. The van der Waals surface area contributed by atoms with Crippen LogP contribution < -0.4 is 0 Å². The van der Waals surface area contributed by atoms with E-state index in [2.05, 4.69) is 78.6 Å². The lowest BCUT2D eigenvalue weighted by molar-refractivity contribution is -0.137. The van der Waals surface area contributed by atoms with Crippen molar-refractivity contribution in [3.63, 3.8) is 0 Å². The Labute approximate surface area is 266 Å². The monoisotopic (exact) mass is 618 g/mol. The maximum absolute atomic E-state index is 13.6. The van der Waals surface area contributed by atoms with Crippen LogP contribution in [-0.2, 0) is 11.6 Å². The van der Waals surface area contributed by atoms with Gasteiger partial charge in [0.25, 0.3) is 0 Å². The summed E-state index contributed by atoms with van der Waals surface area (Å²) >= 11 is 0. The lowest BCUT2D eigenvalue weighted by Crippen LogP contribution is -2.33. The Hall–Kier alpha value is -3.33. The molecule has 3 aromatic rings. The van der Waals surface area contributed by atoms with Gasteiger partial charge in [0.05, 0.1) is 17.0 Å². The highest BCUT2D eigenvalue weighted by Gasteiger charge is 2.36. The van der Waals surface area contributed by atoms with Gasteiger partial charge >= 0.3 is 6.18 Å². The van der Waals surface area contributed by atoms with E-state index in [4.69, 9.17) is 0 Å². The molecule has 0 spiro atoms. The van der Waals surface area contributed by atoms with E-state index in [1.165, 1.54) is 45.5 Å². The molecule has 3 aromatic carbocycles. The van der Waals surface area contributed by atoms with Gasteiger partial charge in [-0.3, -0.25) is 0 Å². The van der Waals surface area contributed by atoms with Gasteiger partial charge in [0.2, 0.25) is 0 Å². The molecule has 0 saturated carbocycles. The first-order valence-corrected chi connectivity index (χ1v) is 15.7. The molecular formula is C38H42ClF3N2. The normalized spacial score (nSPS) is 16.2. The predicted molar refractivity (Wildman–Crippen MR) is 177 cm³/mol. The Balaban J connectivity index is 0.00000442. The van der Waals surface area contributed by atoms with E-state index in [1.807, 2.05) is 0 Å². The lowest BCUT2D eigenvalue weighted by Gasteiger charge is -2.32. The number of nitriles is 1. The van der Waals surface area contributed by atoms with Crippen molar-refractivity contribution in [2.24, 2.45) is 0 Å². The van der Waals surface area contributed by atoms with E-state index in [0.717, 1.165) is 70.6 Å². The fraction of sp³-hybridized carbons (Fsp3) is 0.395. The third kappa shape index (κ3) is 7.65. The Bertz CT molecular complexity index is 1460. The van der Waals surface area contributed by atoms with E-state index in [-0.39, 0.29) is 12.4 Å². The van der Waals surface area contributed by atoms with Crippen molar-refractivity contribution in [1.82, 2.24) is 4.90 Å². The first-order chi connectivity index (χ1) is 20.8.